The minimum absolute atomic E-state index is 0.0985. The van der Waals surface area contributed by atoms with Crippen molar-refractivity contribution in [3.8, 4) is 11.1 Å². The maximum absolute atomic E-state index is 12.9. The molecule has 0 spiro atoms. The van der Waals surface area contributed by atoms with Crippen LogP contribution in [0, 0.1) is 0 Å². The van der Waals surface area contributed by atoms with Crippen molar-refractivity contribution in [1.29, 1.82) is 0 Å². The van der Waals surface area contributed by atoms with Crippen LogP contribution in [0.2, 0.25) is 5.02 Å². The Kier molecular flexibility index (Phi) is 4.76. The zero-order valence-corrected chi connectivity index (χ0v) is 17.7. The summed E-state index contributed by atoms with van der Waals surface area (Å²) in [6.45, 7) is 1.77. The van der Waals surface area contributed by atoms with Gasteiger partial charge >= 0.3 is 0 Å². The summed E-state index contributed by atoms with van der Waals surface area (Å²) >= 11 is 8.11. The Labute approximate surface area is 182 Å². The molecule has 2 amide bonds. The van der Waals surface area contributed by atoms with Crippen molar-refractivity contribution in [2.45, 2.75) is 18.4 Å². The van der Waals surface area contributed by atoms with E-state index in [1.165, 1.54) is 0 Å². The fourth-order valence-electron chi connectivity index (χ4n) is 3.83. The number of benzene rings is 2. The molecule has 2 heterocycles. The smallest absolute Gasteiger partial charge is 0.254 e. The van der Waals surface area contributed by atoms with Crippen molar-refractivity contribution < 1.29 is 14.7 Å². The molecule has 3 aromatic rings. The molecule has 6 nitrogen and oxygen atoms in total. The van der Waals surface area contributed by atoms with E-state index in [4.69, 9.17) is 11.6 Å². The zero-order valence-electron chi connectivity index (χ0n) is 16.2. The van der Waals surface area contributed by atoms with Gasteiger partial charge in [0.25, 0.3) is 11.8 Å². The summed E-state index contributed by atoms with van der Waals surface area (Å²) in [7, 11) is 0. The van der Waals surface area contributed by atoms with Gasteiger partial charge in [-0.2, -0.15) is 0 Å². The van der Waals surface area contributed by atoms with Gasteiger partial charge in [-0.15, -0.1) is 11.3 Å². The van der Waals surface area contributed by atoms with Crippen LogP contribution in [0.1, 0.15) is 23.2 Å². The lowest BCUT2D eigenvalue weighted by molar-refractivity contribution is -0.143. The summed E-state index contributed by atoms with van der Waals surface area (Å²) in [5, 5.41) is 10.5. The molecule has 1 saturated heterocycles. The Hall–Kier alpha value is -2.48. The number of fused-ring (bicyclic) bond motifs is 1. The average molecular weight is 442 g/mol. The standard InChI is InChI=1S/C22H20ClN3O3S/c23-17-11-15(1-3-16(17)14-2-4-18-19(12-14)30-13-24-18)20(27)25-7-9-26(10-8-25)21(28)22(29)5-6-22/h1-4,11-13,29H,5-10H2. The highest BCUT2D eigenvalue weighted by atomic mass is 35.5. The van der Waals surface area contributed by atoms with E-state index in [2.05, 4.69) is 11.1 Å². The molecule has 30 heavy (non-hydrogen) atoms. The normalized spacial score (nSPS) is 17.9. The Balaban J connectivity index is 1.29. The van der Waals surface area contributed by atoms with Crippen LogP contribution in [0.4, 0.5) is 0 Å². The van der Waals surface area contributed by atoms with Crippen LogP contribution in [0.25, 0.3) is 21.3 Å². The summed E-state index contributed by atoms with van der Waals surface area (Å²) in [4.78, 5) is 32.9. The molecule has 8 heteroatoms. The predicted molar refractivity (Wildman–Crippen MR) is 117 cm³/mol. The van der Waals surface area contributed by atoms with E-state index in [-0.39, 0.29) is 11.8 Å². The zero-order chi connectivity index (χ0) is 20.9. The lowest BCUT2D eigenvalue weighted by Crippen LogP contribution is -2.53. The Morgan fingerprint density at radius 1 is 1.03 bits per heavy atom. The third-order valence-corrected chi connectivity index (χ3v) is 6.94. The molecular formula is C22H20ClN3O3S. The van der Waals surface area contributed by atoms with Crippen molar-refractivity contribution in [2.75, 3.05) is 26.2 Å². The molecule has 2 aromatic carbocycles. The topological polar surface area (TPSA) is 73.7 Å². The fraction of sp³-hybridized carbons (Fsp3) is 0.318. The summed E-state index contributed by atoms with van der Waals surface area (Å²) in [6.07, 6.45) is 1.07. The summed E-state index contributed by atoms with van der Waals surface area (Å²) in [5.41, 5.74) is 4.01. The summed E-state index contributed by atoms with van der Waals surface area (Å²) in [5.74, 6) is -0.307. The van der Waals surface area contributed by atoms with E-state index in [1.54, 1.807) is 33.3 Å². The highest BCUT2D eigenvalue weighted by Gasteiger charge is 2.50. The number of carbonyl (C=O) groups excluding carboxylic acids is 2. The first kappa shape index (κ1) is 19.5. The first-order valence-electron chi connectivity index (χ1n) is 9.89. The first-order valence-corrected chi connectivity index (χ1v) is 11.1. The van der Waals surface area contributed by atoms with E-state index in [9.17, 15) is 14.7 Å². The number of amides is 2. The second kappa shape index (κ2) is 7.34. The molecule has 0 unspecified atom stereocenters. The molecule has 154 valence electrons. The van der Waals surface area contributed by atoms with Gasteiger partial charge in [-0.05, 0) is 42.7 Å². The average Bonchev–Trinajstić information content (AvgIpc) is 3.34. The number of aliphatic hydroxyl groups is 1. The van der Waals surface area contributed by atoms with Crippen molar-refractivity contribution in [2.24, 2.45) is 0 Å². The number of rotatable bonds is 3. The van der Waals surface area contributed by atoms with Crippen molar-refractivity contribution in [3.05, 3.63) is 52.5 Å². The number of halogens is 1. The molecule has 0 bridgehead atoms. The van der Waals surface area contributed by atoms with E-state index >= 15 is 0 Å². The van der Waals surface area contributed by atoms with Gasteiger partial charge in [0.2, 0.25) is 0 Å². The van der Waals surface area contributed by atoms with Crippen molar-refractivity contribution in [1.82, 2.24) is 14.8 Å². The highest BCUT2D eigenvalue weighted by molar-refractivity contribution is 7.16. The maximum Gasteiger partial charge on any atom is 0.254 e. The van der Waals surface area contributed by atoms with Crippen LogP contribution in [0.15, 0.2) is 41.9 Å². The lowest BCUT2D eigenvalue weighted by Gasteiger charge is -2.35. The van der Waals surface area contributed by atoms with Crippen LogP contribution < -0.4 is 0 Å². The first-order chi connectivity index (χ1) is 14.4. The number of hydrogen-bond donors (Lipinski definition) is 1. The van der Waals surface area contributed by atoms with Crippen LogP contribution in [-0.2, 0) is 4.79 Å². The van der Waals surface area contributed by atoms with Gasteiger partial charge in [0, 0.05) is 42.3 Å². The fourth-order valence-corrected chi connectivity index (χ4v) is 4.83. The maximum atomic E-state index is 12.9. The Bertz CT molecular complexity index is 1150. The molecule has 1 saturated carbocycles. The van der Waals surface area contributed by atoms with Gasteiger partial charge in [-0.3, -0.25) is 9.59 Å². The molecule has 2 aliphatic rings. The third-order valence-electron chi connectivity index (χ3n) is 5.83. The molecule has 1 aliphatic carbocycles. The van der Waals surface area contributed by atoms with Crippen molar-refractivity contribution >= 4 is 45.0 Å². The van der Waals surface area contributed by atoms with Crippen LogP contribution in [0.3, 0.4) is 0 Å². The van der Waals surface area contributed by atoms with Gasteiger partial charge in [0.05, 0.1) is 15.7 Å². The van der Waals surface area contributed by atoms with E-state index in [0.29, 0.717) is 49.6 Å². The molecule has 5 rings (SSSR count). The largest absolute Gasteiger partial charge is 0.380 e. The predicted octanol–water partition coefficient (Wildman–Crippen LogP) is 3.43. The number of piperazine rings is 1. The van der Waals surface area contributed by atoms with Crippen LogP contribution in [0.5, 0.6) is 0 Å². The highest BCUT2D eigenvalue weighted by Crippen LogP contribution is 2.37. The van der Waals surface area contributed by atoms with E-state index in [0.717, 1.165) is 21.3 Å². The molecule has 0 radical (unpaired) electrons. The monoisotopic (exact) mass is 441 g/mol. The number of aromatic nitrogens is 1. The van der Waals surface area contributed by atoms with Crippen molar-refractivity contribution in [3.63, 3.8) is 0 Å². The Morgan fingerprint density at radius 2 is 1.77 bits per heavy atom. The number of nitrogens with zero attached hydrogens (tertiary/aromatic N) is 3. The molecular weight excluding hydrogens is 422 g/mol. The van der Waals surface area contributed by atoms with Gasteiger partial charge in [0.15, 0.2) is 0 Å². The van der Waals surface area contributed by atoms with Crippen LogP contribution >= 0.6 is 22.9 Å². The summed E-state index contributed by atoms with van der Waals surface area (Å²) < 4.78 is 1.09. The second-order valence-corrected chi connectivity index (χ2v) is 9.14. The minimum Gasteiger partial charge on any atom is -0.380 e. The molecule has 1 aliphatic heterocycles. The molecule has 2 fully saturated rings. The Morgan fingerprint density at radius 3 is 2.47 bits per heavy atom. The second-order valence-electron chi connectivity index (χ2n) is 7.85. The number of carbonyl (C=O) groups is 2. The SMILES string of the molecule is O=C(c1ccc(-c2ccc3ncsc3c2)c(Cl)c1)N1CCN(C(=O)C2(O)CC2)CC1. The van der Waals surface area contributed by atoms with Gasteiger partial charge in [-0.1, -0.05) is 23.7 Å². The van der Waals surface area contributed by atoms with E-state index < -0.39 is 5.60 Å². The van der Waals surface area contributed by atoms with Gasteiger partial charge in [0.1, 0.15) is 5.60 Å². The van der Waals surface area contributed by atoms with Gasteiger partial charge < -0.3 is 14.9 Å². The molecule has 1 aromatic heterocycles. The number of hydrogen-bond acceptors (Lipinski definition) is 5. The van der Waals surface area contributed by atoms with Gasteiger partial charge in [-0.25, -0.2) is 4.98 Å². The molecule has 1 N–H and O–H groups in total. The summed E-state index contributed by atoms with van der Waals surface area (Å²) in [6, 6.07) is 11.4. The van der Waals surface area contributed by atoms with Crippen LogP contribution in [-0.4, -0.2) is 63.5 Å². The minimum atomic E-state index is -1.16. The number of thiazole rings is 1. The quantitative estimate of drug-likeness (QED) is 0.675. The van der Waals surface area contributed by atoms with E-state index in [1.807, 2.05) is 23.7 Å². The lowest BCUT2D eigenvalue weighted by atomic mass is 10.0. The third kappa shape index (κ3) is 3.47. The molecule has 0 atom stereocenters.